The first-order valence-electron chi connectivity index (χ1n) is 5.11. The van der Waals surface area contributed by atoms with Gasteiger partial charge in [-0.25, -0.2) is 4.98 Å². The molecule has 3 aromatic rings. The molecule has 1 aromatic carbocycles. The summed E-state index contributed by atoms with van der Waals surface area (Å²) in [6, 6.07) is 7.00. The Kier molecular flexibility index (Phi) is 2.16. The Bertz CT molecular complexity index is 695. The van der Waals surface area contributed by atoms with Crippen molar-refractivity contribution < 1.29 is 13.2 Å². The van der Waals surface area contributed by atoms with Crippen LogP contribution in [0.5, 0.6) is 0 Å². The monoisotopic (exact) mass is 252 g/mol. The van der Waals surface area contributed by atoms with Gasteiger partial charge in [-0.15, -0.1) is 0 Å². The van der Waals surface area contributed by atoms with Crippen molar-refractivity contribution in [3.05, 3.63) is 36.3 Å². The van der Waals surface area contributed by atoms with Crippen molar-refractivity contribution in [3.8, 4) is 11.4 Å². The molecule has 2 N–H and O–H groups in total. The molecule has 3 rings (SSSR count). The van der Waals surface area contributed by atoms with Gasteiger partial charge in [0.05, 0.1) is 0 Å². The molecule has 0 spiro atoms. The van der Waals surface area contributed by atoms with Crippen molar-refractivity contribution in [2.45, 2.75) is 6.18 Å². The van der Waals surface area contributed by atoms with Crippen LogP contribution in [-0.2, 0) is 6.18 Å². The number of hydrogen-bond acceptors (Lipinski definition) is 2. The first kappa shape index (κ1) is 10.8. The highest BCUT2D eigenvalue weighted by molar-refractivity contribution is 5.83. The van der Waals surface area contributed by atoms with E-state index in [0.29, 0.717) is 5.56 Å². The molecule has 2 heterocycles. The number of H-pyrrole nitrogens is 2. The number of nitrogens with zero attached hydrogens (tertiary/aromatic N) is 2. The summed E-state index contributed by atoms with van der Waals surface area (Å²) in [7, 11) is 0. The Balaban J connectivity index is 2.06. The second-order valence-corrected chi connectivity index (χ2v) is 3.79. The minimum absolute atomic E-state index is 0.0328. The lowest BCUT2D eigenvalue weighted by Crippen LogP contribution is -2.07. The molecule has 92 valence electrons. The van der Waals surface area contributed by atoms with Gasteiger partial charge in [-0.1, -0.05) is 0 Å². The van der Waals surface area contributed by atoms with E-state index in [1.165, 1.54) is 0 Å². The van der Waals surface area contributed by atoms with E-state index in [0.717, 1.165) is 10.9 Å². The molecule has 0 radical (unpaired) electrons. The highest BCUT2D eigenvalue weighted by Crippen LogP contribution is 2.28. The number of hydrogen-bond donors (Lipinski definition) is 2. The molecule has 0 atom stereocenters. The van der Waals surface area contributed by atoms with Crippen LogP contribution < -0.4 is 0 Å². The lowest BCUT2D eigenvalue weighted by molar-refractivity contribution is -0.144. The van der Waals surface area contributed by atoms with E-state index >= 15 is 0 Å². The summed E-state index contributed by atoms with van der Waals surface area (Å²) >= 11 is 0. The largest absolute Gasteiger partial charge is 0.451 e. The van der Waals surface area contributed by atoms with Crippen LogP contribution in [0.15, 0.2) is 30.5 Å². The third-order valence-corrected chi connectivity index (χ3v) is 2.57. The summed E-state index contributed by atoms with van der Waals surface area (Å²) in [5.41, 5.74) is 1.44. The molecule has 18 heavy (non-hydrogen) atoms. The first-order valence-corrected chi connectivity index (χ1v) is 5.11. The van der Waals surface area contributed by atoms with Crippen molar-refractivity contribution in [2.24, 2.45) is 0 Å². The third kappa shape index (κ3) is 1.73. The van der Waals surface area contributed by atoms with E-state index in [1.54, 1.807) is 24.4 Å². The van der Waals surface area contributed by atoms with Crippen LogP contribution in [0.25, 0.3) is 22.3 Å². The molecule has 0 unspecified atom stereocenters. The number of nitrogens with one attached hydrogen (secondary N) is 2. The van der Waals surface area contributed by atoms with Crippen molar-refractivity contribution >= 4 is 10.9 Å². The van der Waals surface area contributed by atoms with E-state index in [1.807, 2.05) is 11.2 Å². The maximum atomic E-state index is 12.4. The Morgan fingerprint density at radius 1 is 1.11 bits per heavy atom. The van der Waals surface area contributed by atoms with Gasteiger partial charge < -0.3 is 4.98 Å². The van der Waals surface area contributed by atoms with Crippen molar-refractivity contribution in [3.63, 3.8) is 0 Å². The third-order valence-electron chi connectivity index (χ3n) is 2.57. The lowest BCUT2D eigenvalue weighted by atomic mass is 10.1. The van der Waals surface area contributed by atoms with Gasteiger partial charge in [-0.05, 0) is 24.3 Å². The summed E-state index contributed by atoms with van der Waals surface area (Å²) in [4.78, 5) is 6.44. The second kappa shape index (κ2) is 3.59. The molecular formula is C11H7F3N4. The minimum Gasteiger partial charge on any atom is -0.361 e. The van der Waals surface area contributed by atoms with E-state index in [4.69, 9.17) is 0 Å². The van der Waals surface area contributed by atoms with Gasteiger partial charge in [0.1, 0.15) is 0 Å². The fraction of sp³-hybridized carbons (Fsp3) is 0.0909. The average Bonchev–Trinajstić information content (AvgIpc) is 2.96. The molecule has 0 saturated heterocycles. The molecule has 0 aliphatic rings. The van der Waals surface area contributed by atoms with Gasteiger partial charge >= 0.3 is 6.18 Å². The molecule has 0 saturated carbocycles. The maximum absolute atomic E-state index is 12.4. The zero-order valence-corrected chi connectivity index (χ0v) is 8.92. The standard InChI is InChI=1S/C11H7F3N4/c12-11(13,14)10-16-9(17-18-10)7-1-2-8-6(5-7)3-4-15-8/h1-5,15H,(H,16,17,18). The molecule has 2 aromatic heterocycles. The minimum atomic E-state index is -4.51. The van der Waals surface area contributed by atoms with Crippen molar-refractivity contribution in [1.29, 1.82) is 0 Å². The summed E-state index contributed by atoms with van der Waals surface area (Å²) < 4.78 is 37.1. The zero-order valence-electron chi connectivity index (χ0n) is 8.92. The van der Waals surface area contributed by atoms with Crippen LogP contribution in [0.3, 0.4) is 0 Å². The van der Waals surface area contributed by atoms with Crippen LogP contribution in [0.2, 0.25) is 0 Å². The fourth-order valence-electron chi connectivity index (χ4n) is 1.71. The normalized spacial score (nSPS) is 12.2. The number of rotatable bonds is 1. The van der Waals surface area contributed by atoms with Crippen LogP contribution >= 0.6 is 0 Å². The van der Waals surface area contributed by atoms with Crippen LogP contribution in [-0.4, -0.2) is 20.2 Å². The summed E-state index contributed by atoms with van der Waals surface area (Å²) in [5.74, 6) is -1.06. The second-order valence-electron chi connectivity index (χ2n) is 3.79. The predicted octanol–water partition coefficient (Wildman–Crippen LogP) is 2.97. The topological polar surface area (TPSA) is 57.4 Å². The number of alkyl halides is 3. The fourth-order valence-corrected chi connectivity index (χ4v) is 1.71. The number of halogens is 3. The van der Waals surface area contributed by atoms with Gasteiger partial charge in [-0.2, -0.15) is 18.3 Å². The Morgan fingerprint density at radius 3 is 2.67 bits per heavy atom. The molecule has 7 heteroatoms. The summed E-state index contributed by atoms with van der Waals surface area (Å²) in [6.07, 6.45) is -2.75. The van der Waals surface area contributed by atoms with Crippen LogP contribution in [0.4, 0.5) is 13.2 Å². The number of fused-ring (bicyclic) bond motifs is 1. The molecule has 4 nitrogen and oxygen atoms in total. The van der Waals surface area contributed by atoms with Crippen LogP contribution in [0.1, 0.15) is 5.82 Å². The Labute approximate surface area is 98.9 Å². The van der Waals surface area contributed by atoms with Crippen LogP contribution in [0, 0.1) is 0 Å². The average molecular weight is 252 g/mol. The lowest BCUT2D eigenvalue weighted by Gasteiger charge is -1.98. The quantitative estimate of drug-likeness (QED) is 0.699. The molecule has 0 amide bonds. The summed E-state index contributed by atoms with van der Waals surface area (Å²) in [5, 5.41) is 6.36. The van der Waals surface area contributed by atoms with E-state index < -0.39 is 12.0 Å². The summed E-state index contributed by atoms with van der Waals surface area (Å²) in [6.45, 7) is 0. The molecule has 0 fully saturated rings. The van der Waals surface area contributed by atoms with Gasteiger partial charge in [0.15, 0.2) is 5.82 Å². The Morgan fingerprint density at radius 2 is 1.94 bits per heavy atom. The van der Waals surface area contributed by atoms with E-state index in [2.05, 4.69) is 15.1 Å². The van der Waals surface area contributed by atoms with Gasteiger partial charge in [0.2, 0.25) is 5.82 Å². The van der Waals surface area contributed by atoms with Gasteiger partial charge in [0, 0.05) is 22.7 Å². The smallest absolute Gasteiger partial charge is 0.361 e. The highest BCUT2D eigenvalue weighted by atomic mass is 19.4. The number of aromatic nitrogens is 4. The maximum Gasteiger partial charge on any atom is 0.451 e. The SMILES string of the molecule is FC(F)(F)c1nc(-c2ccc3[nH]ccc3c2)n[nH]1. The Hall–Kier alpha value is -2.31. The van der Waals surface area contributed by atoms with Gasteiger partial charge in [-0.3, -0.25) is 5.10 Å². The highest BCUT2D eigenvalue weighted by Gasteiger charge is 2.35. The van der Waals surface area contributed by atoms with E-state index in [-0.39, 0.29) is 5.82 Å². The van der Waals surface area contributed by atoms with Crippen molar-refractivity contribution in [1.82, 2.24) is 20.2 Å². The number of aromatic amines is 2. The first-order chi connectivity index (χ1) is 8.54. The predicted molar refractivity (Wildman–Crippen MR) is 58.7 cm³/mol. The zero-order chi connectivity index (χ0) is 12.8. The molecule has 0 aliphatic carbocycles. The molecular weight excluding hydrogens is 245 g/mol. The number of benzene rings is 1. The molecule has 0 aliphatic heterocycles. The van der Waals surface area contributed by atoms with Crippen molar-refractivity contribution in [2.75, 3.05) is 0 Å². The van der Waals surface area contributed by atoms with Gasteiger partial charge in [0.25, 0.3) is 0 Å². The van der Waals surface area contributed by atoms with E-state index in [9.17, 15) is 13.2 Å². The molecule has 0 bridgehead atoms.